The van der Waals surface area contributed by atoms with Crippen molar-refractivity contribution in [3.05, 3.63) is 29.4 Å². The molecular weight excluding hydrogens is 298 g/mol. The summed E-state index contributed by atoms with van der Waals surface area (Å²) in [7, 11) is 0. The van der Waals surface area contributed by atoms with Gasteiger partial charge in [0.2, 0.25) is 5.89 Å². The smallest absolute Gasteiger partial charge is 0.270 e. The molecule has 0 unspecified atom stereocenters. The zero-order chi connectivity index (χ0) is 16.2. The van der Waals surface area contributed by atoms with Crippen molar-refractivity contribution in [1.82, 2.24) is 25.4 Å². The normalized spacial score (nSPS) is 17.1. The van der Waals surface area contributed by atoms with E-state index < -0.39 is 0 Å². The Bertz CT molecular complexity index is 660. The summed E-state index contributed by atoms with van der Waals surface area (Å²) in [5, 5.41) is 6.85. The molecule has 2 aromatic heterocycles. The summed E-state index contributed by atoms with van der Waals surface area (Å²) in [5.41, 5.74) is 0.440. The minimum absolute atomic E-state index is 0.209. The number of amides is 1. The molecule has 1 aliphatic heterocycles. The van der Waals surface area contributed by atoms with Crippen LogP contribution in [0.5, 0.6) is 0 Å². The van der Waals surface area contributed by atoms with Crippen LogP contribution >= 0.6 is 0 Å². The lowest BCUT2D eigenvalue weighted by molar-refractivity contribution is 0.0467. The zero-order valence-corrected chi connectivity index (χ0v) is 13.3. The second kappa shape index (κ2) is 6.91. The molecule has 124 valence electrons. The van der Waals surface area contributed by atoms with Gasteiger partial charge in [-0.3, -0.25) is 4.79 Å². The number of nitrogens with one attached hydrogen (secondary N) is 2. The molecule has 2 N–H and O–H groups in total. The number of rotatable bonds is 5. The highest BCUT2D eigenvalue weighted by atomic mass is 16.5. The van der Waals surface area contributed by atoms with E-state index in [1.807, 2.05) is 6.92 Å². The number of aromatic nitrogens is 4. The summed E-state index contributed by atoms with van der Waals surface area (Å²) in [6.45, 7) is 5.09. The molecule has 23 heavy (non-hydrogen) atoms. The first-order valence-corrected chi connectivity index (χ1v) is 7.90. The van der Waals surface area contributed by atoms with Crippen molar-refractivity contribution in [2.45, 2.75) is 39.2 Å². The number of hydrogen-bond donors (Lipinski definition) is 2. The number of carbonyl (C=O) groups is 1. The zero-order valence-electron chi connectivity index (χ0n) is 13.3. The molecule has 1 atom stereocenters. The van der Waals surface area contributed by atoms with Crippen LogP contribution < -0.4 is 5.32 Å². The fourth-order valence-electron chi connectivity index (χ4n) is 2.75. The number of aromatic amines is 1. The molecule has 0 saturated carbocycles. The third-order valence-corrected chi connectivity index (χ3v) is 4.04. The van der Waals surface area contributed by atoms with Crippen LogP contribution in [-0.4, -0.2) is 39.2 Å². The summed E-state index contributed by atoms with van der Waals surface area (Å²) in [6.07, 6.45) is 3.99. The first-order chi connectivity index (χ1) is 11.2. The van der Waals surface area contributed by atoms with Gasteiger partial charge in [0.1, 0.15) is 17.6 Å². The molecule has 8 nitrogen and oxygen atoms in total. The Labute approximate surface area is 134 Å². The van der Waals surface area contributed by atoms with Crippen molar-refractivity contribution in [1.29, 1.82) is 0 Å². The fraction of sp³-hybridized carbons (Fsp3) is 0.600. The van der Waals surface area contributed by atoms with E-state index in [0.29, 0.717) is 30.6 Å². The van der Waals surface area contributed by atoms with Gasteiger partial charge in [-0.2, -0.15) is 4.98 Å². The minimum atomic E-state index is -0.319. The molecule has 0 aliphatic carbocycles. The van der Waals surface area contributed by atoms with E-state index in [1.165, 1.54) is 0 Å². The summed E-state index contributed by atoms with van der Waals surface area (Å²) >= 11 is 0. The second-order valence-electron chi connectivity index (χ2n) is 5.68. The molecule has 0 radical (unpaired) electrons. The monoisotopic (exact) mass is 319 g/mol. The van der Waals surface area contributed by atoms with Gasteiger partial charge < -0.3 is 19.6 Å². The van der Waals surface area contributed by atoms with E-state index in [9.17, 15) is 4.79 Å². The van der Waals surface area contributed by atoms with Gasteiger partial charge in [0, 0.05) is 19.6 Å². The van der Waals surface area contributed by atoms with E-state index in [-0.39, 0.29) is 17.9 Å². The molecule has 1 amide bonds. The second-order valence-corrected chi connectivity index (χ2v) is 5.68. The third kappa shape index (κ3) is 3.58. The number of hydrogen-bond acceptors (Lipinski definition) is 6. The maximum Gasteiger partial charge on any atom is 0.270 e. The van der Waals surface area contributed by atoms with Gasteiger partial charge in [-0.25, -0.2) is 4.98 Å². The molecule has 1 saturated heterocycles. The first kappa shape index (κ1) is 15.7. The van der Waals surface area contributed by atoms with E-state index in [2.05, 4.69) is 25.4 Å². The highest BCUT2D eigenvalue weighted by Crippen LogP contribution is 2.29. The van der Waals surface area contributed by atoms with Crippen LogP contribution in [0.15, 0.2) is 10.7 Å². The van der Waals surface area contributed by atoms with Crippen molar-refractivity contribution in [2.75, 3.05) is 13.2 Å². The Kier molecular flexibility index (Phi) is 4.71. The minimum Gasteiger partial charge on any atom is -0.381 e. The van der Waals surface area contributed by atoms with Crippen LogP contribution in [0.25, 0.3) is 0 Å². The molecule has 0 bridgehead atoms. The molecule has 3 rings (SSSR count). The maximum absolute atomic E-state index is 12.5. The third-order valence-electron chi connectivity index (χ3n) is 4.04. The van der Waals surface area contributed by atoms with Crippen molar-refractivity contribution in [2.24, 2.45) is 5.92 Å². The van der Waals surface area contributed by atoms with Crippen molar-refractivity contribution < 1.29 is 14.1 Å². The van der Waals surface area contributed by atoms with Gasteiger partial charge in [-0.05, 0) is 25.7 Å². The SMILES string of the molecule is CCc1ncc(C(=O)N[C@@H](c2nc(C)no2)C2CCOCC2)[nH]1. The number of imidazole rings is 1. The Hall–Kier alpha value is -2.22. The Morgan fingerprint density at radius 1 is 1.48 bits per heavy atom. The van der Waals surface area contributed by atoms with Crippen molar-refractivity contribution in [3.8, 4) is 0 Å². The quantitative estimate of drug-likeness (QED) is 0.866. The Morgan fingerprint density at radius 2 is 2.26 bits per heavy atom. The molecular formula is C15H21N5O3. The lowest BCUT2D eigenvalue weighted by atomic mass is 9.91. The number of aryl methyl sites for hydroxylation is 2. The van der Waals surface area contributed by atoms with E-state index in [4.69, 9.17) is 9.26 Å². The molecule has 1 fully saturated rings. The first-order valence-electron chi connectivity index (χ1n) is 7.90. The van der Waals surface area contributed by atoms with Gasteiger partial charge in [0.05, 0.1) is 6.20 Å². The average molecular weight is 319 g/mol. The average Bonchev–Trinajstić information content (AvgIpc) is 3.22. The van der Waals surface area contributed by atoms with Gasteiger partial charge in [0.15, 0.2) is 5.82 Å². The van der Waals surface area contributed by atoms with Crippen LogP contribution in [0.3, 0.4) is 0 Å². The summed E-state index contributed by atoms with van der Waals surface area (Å²) in [4.78, 5) is 24.0. The standard InChI is InChI=1S/C15H21N5O3/c1-3-12-16-8-11(18-12)14(21)19-13(10-4-6-22-7-5-10)15-17-9(2)20-23-15/h8,10,13H,3-7H2,1-2H3,(H,16,18)(H,19,21)/t13-/m1/s1. The lowest BCUT2D eigenvalue weighted by Gasteiger charge is -2.28. The summed E-state index contributed by atoms with van der Waals surface area (Å²) in [5.74, 6) is 1.77. The van der Waals surface area contributed by atoms with Crippen molar-refractivity contribution in [3.63, 3.8) is 0 Å². The van der Waals surface area contributed by atoms with Crippen LogP contribution in [-0.2, 0) is 11.2 Å². The van der Waals surface area contributed by atoms with E-state index in [1.54, 1.807) is 13.1 Å². The van der Waals surface area contributed by atoms with E-state index in [0.717, 1.165) is 25.1 Å². The van der Waals surface area contributed by atoms with Gasteiger partial charge >= 0.3 is 0 Å². The van der Waals surface area contributed by atoms with E-state index >= 15 is 0 Å². The fourth-order valence-corrected chi connectivity index (χ4v) is 2.75. The molecule has 0 spiro atoms. The van der Waals surface area contributed by atoms with Crippen LogP contribution in [0.1, 0.15) is 53.8 Å². The molecule has 0 aromatic carbocycles. The number of carbonyl (C=O) groups excluding carboxylic acids is 1. The molecule has 1 aliphatic rings. The van der Waals surface area contributed by atoms with Gasteiger partial charge in [0.25, 0.3) is 5.91 Å². The van der Waals surface area contributed by atoms with Crippen molar-refractivity contribution >= 4 is 5.91 Å². The lowest BCUT2D eigenvalue weighted by Crippen LogP contribution is -2.36. The number of nitrogens with zero attached hydrogens (tertiary/aromatic N) is 3. The molecule has 8 heteroatoms. The number of ether oxygens (including phenoxy) is 1. The predicted octanol–water partition coefficient (Wildman–Crippen LogP) is 1.56. The summed E-state index contributed by atoms with van der Waals surface area (Å²) < 4.78 is 10.7. The largest absolute Gasteiger partial charge is 0.381 e. The summed E-state index contributed by atoms with van der Waals surface area (Å²) in [6, 6.07) is -0.319. The molecule has 3 heterocycles. The highest BCUT2D eigenvalue weighted by molar-refractivity contribution is 5.92. The van der Waals surface area contributed by atoms with Crippen LogP contribution in [0.4, 0.5) is 0 Å². The molecule has 2 aromatic rings. The Balaban J connectivity index is 1.78. The topological polar surface area (TPSA) is 106 Å². The van der Waals surface area contributed by atoms with Crippen LogP contribution in [0, 0.1) is 12.8 Å². The number of H-pyrrole nitrogens is 1. The highest BCUT2D eigenvalue weighted by Gasteiger charge is 2.31. The maximum atomic E-state index is 12.5. The van der Waals surface area contributed by atoms with Gasteiger partial charge in [-0.15, -0.1) is 0 Å². The van der Waals surface area contributed by atoms with Gasteiger partial charge in [-0.1, -0.05) is 12.1 Å². The van der Waals surface area contributed by atoms with Crippen LogP contribution in [0.2, 0.25) is 0 Å². The Morgan fingerprint density at radius 3 is 2.87 bits per heavy atom. The predicted molar refractivity (Wildman–Crippen MR) is 80.8 cm³/mol.